The number of rotatable bonds is 6. The number of hydrogen-bond acceptors (Lipinski definition) is 3. The first-order valence-electron chi connectivity index (χ1n) is 10.4. The van der Waals surface area contributed by atoms with Crippen LogP contribution in [0.15, 0.2) is 36.4 Å². The Morgan fingerprint density at radius 2 is 1.69 bits per heavy atom. The fraction of sp³-hybridized carbons (Fsp3) is 0.417. The molecule has 2 aromatic rings. The molecule has 1 heterocycles. The molecule has 1 fully saturated rings. The Bertz CT molecular complexity index is 899. The maximum atomic E-state index is 12.5. The van der Waals surface area contributed by atoms with Crippen molar-refractivity contribution in [2.45, 2.75) is 33.6 Å². The van der Waals surface area contributed by atoms with Crippen LogP contribution in [0, 0.1) is 20.8 Å². The van der Waals surface area contributed by atoms with Crippen molar-refractivity contribution in [1.29, 1.82) is 0 Å². The van der Waals surface area contributed by atoms with E-state index in [0.717, 1.165) is 48.6 Å². The van der Waals surface area contributed by atoms with Gasteiger partial charge in [0.1, 0.15) is 0 Å². The maximum absolute atomic E-state index is 12.5. The van der Waals surface area contributed by atoms with Gasteiger partial charge in [-0.3, -0.25) is 9.59 Å². The van der Waals surface area contributed by atoms with Crippen LogP contribution in [0.1, 0.15) is 39.9 Å². The summed E-state index contributed by atoms with van der Waals surface area (Å²) in [6.07, 6.45) is 0.408. The second-order valence-corrected chi connectivity index (χ2v) is 8.23. The molecule has 0 atom stereocenters. The van der Waals surface area contributed by atoms with Gasteiger partial charge in [0.2, 0.25) is 5.91 Å². The number of likely N-dealkylation sites (N-methyl/N-ethyl adjacent to an activating group) is 1. The van der Waals surface area contributed by atoms with E-state index in [9.17, 15) is 9.59 Å². The highest BCUT2D eigenvalue weighted by Crippen LogP contribution is 2.23. The number of amides is 1. The average Bonchev–Trinajstić information content (AvgIpc) is 2.70. The zero-order valence-electron chi connectivity index (χ0n) is 18.0. The highest BCUT2D eigenvalue weighted by molar-refractivity contribution is 6.01. The van der Waals surface area contributed by atoms with E-state index in [0.29, 0.717) is 5.56 Å². The van der Waals surface area contributed by atoms with E-state index in [2.05, 4.69) is 29.4 Å². The Hall–Kier alpha value is -2.66. The minimum absolute atomic E-state index is 0.0191. The third-order valence-electron chi connectivity index (χ3n) is 5.74. The van der Waals surface area contributed by atoms with E-state index in [1.165, 1.54) is 5.69 Å². The summed E-state index contributed by atoms with van der Waals surface area (Å²) in [6, 6.07) is 12.0. The van der Waals surface area contributed by atoms with Crippen molar-refractivity contribution < 1.29 is 14.5 Å². The largest absolute Gasteiger partial charge is 0.360 e. The lowest BCUT2D eigenvalue weighted by atomic mass is 9.99. The van der Waals surface area contributed by atoms with Crippen LogP contribution >= 0.6 is 0 Å². The summed E-state index contributed by atoms with van der Waals surface area (Å²) in [7, 11) is 2.23. The van der Waals surface area contributed by atoms with Crippen molar-refractivity contribution in [1.82, 2.24) is 0 Å². The maximum Gasteiger partial charge on any atom is 0.224 e. The number of anilines is 2. The van der Waals surface area contributed by atoms with Gasteiger partial charge in [0.05, 0.1) is 33.2 Å². The molecule has 5 heteroatoms. The van der Waals surface area contributed by atoms with Crippen LogP contribution in [0.3, 0.4) is 0 Å². The molecule has 1 saturated heterocycles. The molecule has 29 heavy (non-hydrogen) atoms. The fourth-order valence-corrected chi connectivity index (χ4v) is 3.74. The number of nitrogens with zero attached hydrogens (tertiary/aromatic N) is 1. The number of ketones is 1. The topological polar surface area (TPSA) is 53.9 Å². The summed E-state index contributed by atoms with van der Waals surface area (Å²) in [4.78, 5) is 28.9. The number of hydrogen-bond donors (Lipinski definition) is 2. The van der Waals surface area contributed by atoms with Gasteiger partial charge in [0.15, 0.2) is 5.78 Å². The number of Topliss-reactive ketones (excluding diaryl/α,β-unsaturated/α-hetero) is 1. The lowest BCUT2D eigenvalue weighted by Crippen LogP contribution is -3.12. The number of nitrogens with one attached hydrogen (secondary N) is 2. The summed E-state index contributed by atoms with van der Waals surface area (Å²) in [5.41, 5.74) is 5.80. The lowest BCUT2D eigenvalue weighted by molar-refractivity contribution is -0.880. The van der Waals surface area contributed by atoms with Crippen LogP contribution in [0.5, 0.6) is 0 Å². The minimum Gasteiger partial charge on any atom is -0.360 e. The number of piperazine rings is 1. The van der Waals surface area contributed by atoms with Gasteiger partial charge in [-0.1, -0.05) is 17.7 Å². The van der Waals surface area contributed by atoms with Crippen LogP contribution in [0.25, 0.3) is 0 Å². The Morgan fingerprint density at radius 3 is 2.38 bits per heavy atom. The van der Waals surface area contributed by atoms with Gasteiger partial charge in [0, 0.05) is 29.8 Å². The van der Waals surface area contributed by atoms with E-state index in [1.807, 2.05) is 45.0 Å². The second-order valence-electron chi connectivity index (χ2n) is 8.23. The molecule has 0 unspecified atom stereocenters. The summed E-state index contributed by atoms with van der Waals surface area (Å²) >= 11 is 0. The van der Waals surface area contributed by atoms with Gasteiger partial charge in [-0.15, -0.1) is 0 Å². The van der Waals surface area contributed by atoms with Gasteiger partial charge < -0.3 is 15.1 Å². The van der Waals surface area contributed by atoms with E-state index in [1.54, 1.807) is 4.90 Å². The van der Waals surface area contributed by atoms with E-state index >= 15 is 0 Å². The zero-order valence-corrected chi connectivity index (χ0v) is 18.0. The molecule has 2 N–H and O–H groups in total. The standard InChI is InChI=1S/C24H31N3O2/c1-17-5-6-18(2)21(15-17)23(28)9-10-24(29)25-22-8-7-20(16-19(22)3)27-13-11-26(4)12-14-27/h5-8,15-16H,9-14H2,1-4H3,(H,25,29)/p+1. The van der Waals surface area contributed by atoms with Gasteiger partial charge >= 0.3 is 0 Å². The van der Waals surface area contributed by atoms with Crippen molar-refractivity contribution in [3.8, 4) is 0 Å². The molecule has 1 aliphatic rings. The SMILES string of the molecule is Cc1ccc(C)c(C(=O)CCC(=O)Nc2ccc(N3CC[NH+](C)CC3)cc2C)c1. The van der Waals surface area contributed by atoms with Crippen LogP contribution in [0.4, 0.5) is 11.4 Å². The second kappa shape index (κ2) is 9.23. The summed E-state index contributed by atoms with van der Waals surface area (Å²) in [5.74, 6) is -0.103. The molecule has 3 rings (SSSR count). The number of carbonyl (C=O) groups is 2. The predicted octanol–water partition coefficient (Wildman–Crippen LogP) is 2.55. The quantitative estimate of drug-likeness (QED) is 0.741. The predicted molar refractivity (Wildman–Crippen MR) is 118 cm³/mol. The zero-order chi connectivity index (χ0) is 21.0. The molecular formula is C24H32N3O2+. The molecule has 1 aliphatic heterocycles. The van der Waals surface area contributed by atoms with Gasteiger partial charge in [0.25, 0.3) is 0 Å². The summed E-state index contributed by atoms with van der Waals surface area (Å²) in [5, 5.41) is 2.97. The number of benzene rings is 2. The molecule has 0 bridgehead atoms. The lowest BCUT2D eigenvalue weighted by Gasteiger charge is -2.32. The molecule has 0 radical (unpaired) electrons. The highest BCUT2D eigenvalue weighted by Gasteiger charge is 2.18. The van der Waals surface area contributed by atoms with Crippen molar-refractivity contribution >= 4 is 23.1 Å². The molecular weight excluding hydrogens is 362 g/mol. The number of carbonyl (C=O) groups excluding carboxylic acids is 2. The van der Waals surface area contributed by atoms with Gasteiger partial charge in [-0.05, 0) is 56.2 Å². The first-order valence-corrected chi connectivity index (χ1v) is 10.4. The first-order chi connectivity index (χ1) is 13.8. The highest BCUT2D eigenvalue weighted by atomic mass is 16.2. The van der Waals surface area contributed by atoms with Crippen molar-refractivity contribution in [2.75, 3.05) is 43.4 Å². The van der Waals surface area contributed by atoms with Gasteiger partial charge in [-0.2, -0.15) is 0 Å². The first kappa shape index (κ1) is 21.1. The molecule has 0 aliphatic carbocycles. The van der Waals surface area contributed by atoms with E-state index in [-0.39, 0.29) is 24.5 Å². The molecule has 0 spiro atoms. The van der Waals surface area contributed by atoms with Crippen LogP contribution < -0.4 is 15.1 Å². The van der Waals surface area contributed by atoms with Crippen LogP contribution in [0.2, 0.25) is 0 Å². The van der Waals surface area contributed by atoms with E-state index in [4.69, 9.17) is 0 Å². The average molecular weight is 395 g/mol. The molecule has 1 amide bonds. The van der Waals surface area contributed by atoms with Crippen molar-refractivity contribution in [2.24, 2.45) is 0 Å². The minimum atomic E-state index is -0.122. The molecule has 0 aromatic heterocycles. The number of aryl methyl sites for hydroxylation is 3. The molecule has 154 valence electrons. The normalized spacial score (nSPS) is 14.7. The summed E-state index contributed by atoms with van der Waals surface area (Å²) in [6.45, 7) is 10.3. The third kappa shape index (κ3) is 5.45. The summed E-state index contributed by atoms with van der Waals surface area (Å²) < 4.78 is 0. The number of quaternary nitrogens is 1. The Morgan fingerprint density at radius 1 is 0.966 bits per heavy atom. The van der Waals surface area contributed by atoms with Crippen molar-refractivity contribution in [3.63, 3.8) is 0 Å². The van der Waals surface area contributed by atoms with Crippen LogP contribution in [-0.4, -0.2) is 44.9 Å². The monoisotopic (exact) mass is 394 g/mol. The Kier molecular flexibility index (Phi) is 6.70. The Labute approximate surface area is 173 Å². The van der Waals surface area contributed by atoms with E-state index < -0.39 is 0 Å². The molecule has 2 aromatic carbocycles. The fourth-order valence-electron chi connectivity index (χ4n) is 3.74. The Balaban J connectivity index is 1.56. The van der Waals surface area contributed by atoms with Crippen LogP contribution in [-0.2, 0) is 4.79 Å². The molecule has 5 nitrogen and oxygen atoms in total. The van der Waals surface area contributed by atoms with Gasteiger partial charge in [-0.25, -0.2) is 0 Å². The van der Waals surface area contributed by atoms with Crippen molar-refractivity contribution in [3.05, 3.63) is 58.7 Å². The smallest absolute Gasteiger partial charge is 0.224 e. The third-order valence-corrected chi connectivity index (χ3v) is 5.74. The molecule has 0 saturated carbocycles.